The van der Waals surface area contributed by atoms with Gasteiger partial charge in [-0.15, -0.1) is 0 Å². The van der Waals surface area contributed by atoms with Crippen molar-refractivity contribution in [2.75, 3.05) is 14.2 Å². The Hall–Kier alpha value is -2.83. The topological polar surface area (TPSA) is 89.7 Å². The summed E-state index contributed by atoms with van der Waals surface area (Å²) in [6.07, 6.45) is 1.85. The van der Waals surface area contributed by atoms with Gasteiger partial charge < -0.3 is 19.5 Å². The molecule has 0 aliphatic rings. The zero-order valence-corrected chi connectivity index (χ0v) is 14.3. The molecule has 0 saturated heterocycles. The highest BCUT2D eigenvalue weighted by molar-refractivity contribution is 6.41. The third-order valence-electron chi connectivity index (χ3n) is 3.15. The number of carboxylic acids is 1. The van der Waals surface area contributed by atoms with Crippen LogP contribution in [-0.2, 0) is 25.8 Å². The summed E-state index contributed by atoms with van der Waals surface area (Å²) in [6, 6.07) is 7.02. The van der Waals surface area contributed by atoms with Crippen LogP contribution < -0.4 is 0 Å². The van der Waals surface area contributed by atoms with E-state index in [9.17, 15) is 9.90 Å². The van der Waals surface area contributed by atoms with Crippen molar-refractivity contribution in [2.45, 2.75) is 26.9 Å². The van der Waals surface area contributed by atoms with E-state index in [0.717, 1.165) is 0 Å². The van der Waals surface area contributed by atoms with Crippen molar-refractivity contribution in [1.82, 2.24) is 0 Å². The average molecular weight is 334 g/mol. The lowest BCUT2D eigenvalue weighted by Gasteiger charge is -2.09. The van der Waals surface area contributed by atoms with Crippen molar-refractivity contribution in [3.8, 4) is 0 Å². The lowest BCUT2D eigenvalue weighted by Crippen LogP contribution is -2.10. The third-order valence-corrected chi connectivity index (χ3v) is 3.15. The van der Waals surface area contributed by atoms with Crippen molar-refractivity contribution >= 4 is 23.0 Å². The number of ether oxygens (including phenoxy) is 1. The van der Waals surface area contributed by atoms with Gasteiger partial charge in [-0.3, -0.25) is 0 Å². The summed E-state index contributed by atoms with van der Waals surface area (Å²) in [6.45, 7) is 3.81. The number of methoxy groups -OCH3 is 1. The van der Waals surface area contributed by atoms with Crippen LogP contribution in [0.5, 0.6) is 0 Å². The van der Waals surface area contributed by atoms with E-state index in [2.05, 4.69) is 10.3 Å². The maximum atomic E-state index is 11.4. The maximum absolute atomic E-state index is 11.4. The largest absolute Gasteiger partial charge is 0.503 e. The molecule has 0 fully saturated rings. The van der Waals surface area contributed by atoms with Crippen LogP contribution in [0.2, 0.25) is 0 Å². The van der Waals surface area contributed by atoms with Crippen LogP contribution in [0.25, 0.3) is 5.57 Å². The fourth-order valence-corrected chi connectivity index (χ4v) is 2.00. The molecule has 0 amide bonds. The number of aliphatic carboxylic acids is 1. The second kappa shape index (κ2) is 10.0. The molecular weight excluding hydrogens is 312 g/mol. The standard InChI is InChI=1S/C17H22N2O5/c1-5-16(19-23-4)12(2)18-24-10-13-8-6-7-9-14(13)15(11-22-3)17(20)21/h6-9,11H,5,10H2,1-4H3,(H,20,21)/b15-11+,18-12+,19-16+. The van der Waals surface area contributed by atoms with E-state index in [-0.39, 0.29) is 12.2 Å². The minimum absolute atomic E-state index is 0.0487. The minimum Gasteiger partial charge on any atom is -0.503 e. The van der Waals surface area contributed by atoms with E-state index < -0.39 is 5.97 Å². The quantitative estimate of drug-likeness (QED) is 0.324. The first kappa shape index (κ1) is 19.2. The summed E-state index contributed by atoms with van der Waals surface area (Å²) in [5.74, 6) is -1.08. The molecule has 1 N–H and O–H groups in total. The molecule has 0 radical (unpaired) electrons. The van der Waals surface area contributed by atoms with E-state index >= 15 is 0 Å². The van der Waals surface area contributed by atoms with Crippen LogP contribution >= 0.6 is 0 Å². The molecule has 7 heteroatoms. The Morgan fingerprint density at radius 1 is 1.25 bits per heavy atom. The molecule has 0 aliphatic carbocycles. The molecule has 0 aromatic heterocycles. The van der Waals surface area contributed by atoms with Crippen molar-refractivity contribution in [3.63, 3.8) is 0 Å². The van der Waals surface area contributed by atoms with Gasteiger partial charge in [0, 0.05) is 5.56 Å². The van der Waals surface area contributed by atoms with Crippen LogP contribution in [-0.4, -0.2) is 36.7 Å². The Balaban J connectivity index is 2.96. The number of carbonyl (C=O) groups is 1. The minimum atomic E-state index is -1.08. The van der Waals surface area contributed by atoms with Gasteiger partial charge in [0.25, 0.3) is 0 Å². The monoisotopic (exact) mass is 334 g/mol. The lowest BCUT2D eigenvalue weighted by atomic mass is 10.0. The Morgan fingerprint density at radius 3 is 2.54 bits per heavy atom. The predicted molar refractivity (Wildman–Crippen MR) is 91.7 cm³/mol. The first-order valence-corrected chi connectivity index (χ1v) is 7.36. The van der Waals surface area contributed by atoms with Crippen molar-refractivity contribution < 1.29 is 24.3 Å². The fraction of sp³-hybridized carbons (Fsp3) is 0.353. The maximum Gasteiger partial charge on any atom is 0.339 e. The smallest absolute Gasteiger partial charge is 0.339 e. The van der Waals surface area contributed by atoms with Crippen LogP contribution in [0.1, 0.15) is 31.4 Å². The fourth-order valence-electron chi connectivity index (χ4n) is 2.00. The Labute approximate surface area is 141 Å². The van der Waals surface area contributed by atoms with Gasteiger partial charge in [0.15, 0.2) is 0 Å². The van der Waals surface area contributed by atoms with E-state index in [4.69, 9.17) is 14.4 Å². The van der Waals surface area contributed by atoms with Crippen molar-refractivity contribution in [2.24, 2.45) is 10.3 Å². The predicted octanol–water partition coefficient (Wildman–Crippen LogP) is 3.06. The van der Waals surface area contributed by atoms with Crippen LogP contribution in [0.4, 0.5) is 0 Å². The summed E-state index contributed by atoms with van der Waals surface area (Å²) in [7, 11) is 2.87. The molecule has 7 nitrogen and oxygen atoms in total. The van der Waals surface area contributed by atoms with Crippen LogP contribution in [0.3, 0.4) is 0 Å². The molecule has 0 bridgehead atoms. The highest BCUT2D eigenvalue weighted by Crippen LogP contribution is 2.20. The number of rotatable bonds is 9. The van der Waals surface area contributed by atoms with E-state index in [0.29, 0.717) is 29.0 Å². The number of benzene rings is 1. The van der Waals surface area contributed by atoms with E-state index in [1.54, 1.807) is 31.2 Å². The van der Waals surface area contributed by atoms with Crippen molar-refractivity contribution in [3.05, 3.63) is 41.7 Å². The highest BCUT2D eigenvalue weighted by Gasteiger charge is 2.15. The summed E-state index contributed by atoms with van der Waals surface area (Å²) >= 11 is 0. The van der Waals surface area contributed by atoms with Crippen LogP contribution in [0.15, 0.2) is 40.8 Å². The van der Waals surface area contributed by atoms with Crippen LogP contribution in [0, 0.1) is 0 Å². The normalized spacial score (nSPS) is 12.8. The zero-order chi connectivity index (χ0) is 17.9. The number of hydrogen-bond donors (Lipinski definition) is 1. The summed E-state index contributed by atoms with van der Waals surface area (Å²) in [5, 5.41) is 17.2. The average Bonchev–Trinajstić information content (AvgIpc) is 2.57. The highest BCUT2D eigenvalue weighted by atomic mass is 16.6. The number of nitrogens with zero attached hydrogens (tertiary/aromatic N) is 2. The summed E-state index contributed by atoms with van der Waals surface area (Å²) in [4.78, 5) is 21.5. The number of carboxylic acid groups (broad SMARTS) is 1. The molecule has 0 spiro atoms. The second-order valence-electron chi connectivity index (χ2n) is 4.75. The molecule has 0 saturated carbocycles. The van der Waals surface area contributed by atoms with Gasteiger partial charge in [-0.1, -0.05) is 41.5 Å². The second-order valence-corrected chi connectivity index (χ2v) is 4.75. The van der Waals surface area contributed by atoms with E-state index in [1.807, 2.05) is 6.92 Å². The molecule has 1 aromatic carbocycles. The van der Waals surface area contributed by atoms with Gasteiger partial charge in [0.1, 0.15) is 30.7 Å². The number of hydrogen-bond acceptors (Lipinski definition) is 6. The number of oxime groups is 2. The molecule has 0 unspecified atom stereocenters. The Kier molecular flexibility index (Phi) is 8.04. The molecule has 1 aromatic rings. The molecule has 1 rings (SSSR count). The first-order chi connectivity index (χ1) is 11.5. The van der Waals surface area contributed by atoms with Crippen molar-refractivity contribution in [1.29, 1.82) is 0 Å². The van der Waals surface area contributed by atoms with Gasteiger partial charge in [0.2, 0.25) is 0 Å². The summed E-state index contributed by atoms with van der Waals surface area (Å²) in [5.41, 5.74) is 2.52. The Bertz CT molecular complexity index is 650. The molecule has 0 heterocycles. The zero-order valence-electron chi connectivity index (χ0n) is 14.3. The first-order valence-electron chi connectivity index (χ1n) is 7.36. The molecule has 24 heavy (non-hydrogen) atoms. The SMILES string of the molecule is CCC(=N\OC)/C(C)=N/OCc1ccccc1/C(=C\OC)C(=O)O. The molecule has 0 atom stereocenters. The lowest BCUT2D eigenvalue weighted by molar-refractivity contribution is -0.130. The van der Waals surface area contributed by atoms with Gasteiger partial charge in [-0.05, 0) is 18.9 Å². The van der Waals surface area contributed by atoms with Gasteiger partial charge in [0.05, 0.1) is 13.4 Å². The third kappa shape index (κ3) is 5.42. The molecule has 130 valence electrons. The van der Waals surface area contributed by atoms with E-state index in [1.165, 1.54) is 20.5 Å². The molecular formula is C17H22N2O5. The van der Waals surface area contributed by atoms with Gasteiger partial charge >= 0.3 is 5.97 Å². The van der Waals surface area contributed by atoms with Gasteiger partial charge in [-0.2, -0.15) is 0 Å². The van der Waals surface area contributed by atoms with Gasteiger partial charge in [-0.25, -0.2) is 4.79 Å². The molecule has 0 aliphatic heterocycles. The summed E-state index contributed by atoms with van der Waals surface area (Å²) < 4.78 is 4.85. The Morgan fingerprint density at radius 2 is 1.96 bits per heavy atom.